The Balaban J connectivity index is 1.51. The number of carbonyl (C=O) groups excluding carboxylic acids is 2. The highest BCUT2D eigenvalue weighted by molar-refractivity contribution is 7.89. The highest BCUT2D eigenvalue weighted by Crippen LogP contribution is 2.26. The largest absolute Gasteiger partial charge is 0.459 e. The first-order valence-corrected chi connectivity index (χ1v) is 13.9. The molecule has 1 N–H and O–H groups in total. The van der Waals surface area contributed by atoms with Gasteiger partial charge in [0.1, 0.15) is 19.3 Å². The van der Waals surface area contributed by atoms with E-state index in [1.165, 1.54) is 4.90 Å². The number of esters is 1. The van der Waals surface area contributed by atoms with Crippen molar-refractivity contribution in [2.75, 3.05) is 6.54 Å². The minimum atomic E-state index is -3.91. The number of aryl methyl sites for hydroxylation is 3. The van der Waals surface area contributed by atoms with Crippen molar-refractivity contribution in [3.63, 3.8) is 0 Å². The molecule has 1 amide bonds. The van der Waals surface area contributed by atoms with E-state index in [4.69, 9.17) is 9.47 Å². The molecular weight excluding hydrogens is 504 g/mol. The predicted molar refractivity (Wildman–Crippen MR) is 143 cm³/mol. The van der Waals surface area contributed by atoms with E-state index in [-0.39, 0.29) is 31.1 Å². The predicted octanol–water partition coefficient (Wildman–Crippen LogP) is 4.41. The third-order valence-electron chi connectivity index (χ3n) is 6.43. The van der Waals surface area contributed by atoms with Crippen LogP contribution in [-0.2, 0) is 37.5 Å². The van der Waals surface area contributed by atoms with Crippen LogP contribution < -0.4 is 4.72 Å². The van der Waals surface area contributed by atoms with E-state index < -0.39 is 34.2 Å². The molecule has 1 heterocycles. The lowest BCUT2D eigenvalue weighted by Crippen LogP contribution is -2.42. The molecule has 0 aliphatic carbocycles. The Hall–Kier alpha value is -3.69. The molecule has 0 unspecified atom stereocenters. The van der Waals surface area contributed by atoms with E-state index in [1.807, 2.05) is 79.7 Å². The molecule has 4 rings (SSSR count). The van der Waals surface area contributed by atoms with Gasteiger partial charge in [-0.2, -0.15) is 0 Å². The fraction of sp³-hybridized carbons (Fsp3) is 0.310. The Bertz CT molecular complexity index is 1310. The maximum absolute atomic E-state index is 13.4. The summed E-state index contributed by atoms with van der Waals surface area (Å²) in [6, 6.07) is 20.3. The maximum atomic E-state index is 13.4. The summed E-state index contributed by atoms with van der Waals surface area (Å²) in [6.07, 6.45) is -0.642. The molecule has 8 nitrogen and oxygen atoms in total. The van der Waals surface area contributed by atoms with Crippen LogP contribution in [0.4, 0.5) is 4.79 Å². The molecule has 1 aliphatic heterocycles. The minimum Gasteiger partial charge on any atom is -0.459 e. The van der Waals surface area contributed by atoms with Gasteiger partial charge < -0.3 is 9.47 Å². The smallest absolute Gasteiger partial charge is 0.410 e. The second-order valence-electron chi connectivity index (χ2n) is 9.58. The zero-order valence-electron chi connectivity index (χ0n) is 21.7. The number of sulfonamides is 1. The highest BCUT2D eigenvalue weighted by atomic mass is 32.2. The number of hydrogen-bond acceptors (Lipinski definition) is 6. The van der Waals surface area contributed by atoms with Crippen molar-refractivity contribution in [3.8, 4) is 0 Å². The van der Waals surface area contributed by atoms with Crippen molar-refractivity contribution in [2.45, 2.75) is 57.4 Å². The molecule has 0 radical (unpaired) electrons. The number of rotatable bonds is 8. The molecule has 2 atom stereocenters. The minimum absolute atomic E-state index is 0.0259. The van der Waals surface area contributed by atoms with Crippen LogP contribution in [-0.4, -0.2) is 44.0 Å². The highest BCUT2D eigenvalue weighted by Gasteiger charge is 2.43. The molecule has 1 aliphatic rings. The summed E-state index contributed by atoms with van der Waals surface area (Å²) >= 11 is 0. The van der Waals surface area contributed by atoms with Gasteiger partial charge >= 0.3 is 12.1 Å². The van der Waals surface area contributed by atoms with E-state index in [9.17, 15) is 18.0 Å². The first-order valence-electron chi connectivity index (χ1n) is 12.4. The summed E-state index contributed by atoms with van der Waals surface area (Å²) in [4.78, 5) is 27.6. The Morgan fingerprint density at radius 2 is 1.39 bits per heavy atom. The Morgan fingerprint density at radius 3 is 1.95 bits per heavy atom. The first kappa shape index (κ1) is 27.3. The third-order valence-corrected chi connectivity index (χ3v) is 8.26. The summed E-state index contributed by atoms with van der Waals surface area (Å²) < 4.78 is 40.4. The molecule has 3 aromatic carbocycles. The molecule has 38 heavy (non-hydrogen) atoms. The second-order valence-corrected chi connectivity index (χ2v) is 11.2. The summed E-state index contributed by atoms with van der Waals surface area (Å²) in [7, 11) is -3.91. The zero-order valence-corrected chi connectivity index (χ0v) is 22.5. The van der Waals surface area contributed by atoms with Crippen LogP contribution >= 0.6 is 0 Å². The van der Waals surface area contributed by atoms with Crippen molar-refractivity contribution >= 4 is 22.1 Å². The standard InChI is InChI=1S/C29H32N2O6S/c1-20-14-21(2)27(22(3)15-20)38(34,35)30-25-16-26(28(32)36-18-23-10-6-4-7-11-23)31(17-25)29(33)37-19-24-12-8-5-9-13-24/h4-15,25-26,30H,16-19H2,1-3H3/t25-,26+/m0/s1. The van der Waals surface area contributed by atoms with Crippen molar-refractivity contribution in [2.24, 2.45) is 0 Å². The molecule has 0 aromatic heterocycles. The normalized spacial score (nSPS) is 17.3. The zero-order chi connectivity index (χ0) is 27.3. The number of hydrogen-bond donors (Lipinski definition) is 1. The number of nitrogens with one attached hydrogen (secondary N) is 1. The molecule has 1 fully saturated rings. The van der Waals surface area contributed by atoms with Crippen LogP contribution in [0.25, 0.3) is 0 Å². The third kappa shape index (κ3) is 6.59. The van der Waals surface area contributed by atoms with Crippen LogP contribution in [0.15, 0.2) is 77.7 Å². The molecule has 9 heteroatoms. The Labute approximate surface area is 223 Å². The quantitative estimate of drug-likeness (QED) is 0.428. The molecule has 0 saturated carbocycles. The van der Waals surface area contributed by atoms with Gasteiger partial charge in [0.2, 0.25) is 10.0 Å². The number of likely N-dealkylation sites (tertiary alicyclic amines) is 1. The van der Waals surface area contributed by atoms with Gasteiger partial charge in [0, 0.05) is 12.6 Å². The summed E-state index contributed by atoms with van der Waals surface area (Å²) in [5, 5.41) is 0. The molecule has 200 valence electrons. The SMILES string of the molecule is Cc1cc(C)c(S(=O)(=O)N[C@H]2C[C@H](C(=O)OCc3ccccc3)N(C(=O)OCc3ccccc3)C2)c(C)c1. The van der Waals surface area contributed by atoms with E-state index >= 15 is 0 Å². The summed E-state index contributed by atoms with van der Waals surface area (Å²) in [5.74, 6) is -0.616. The topological polar surface area (TPSA) is 102 Å². The molecule has 3 aromatic rings. The number of benzene rings is 3. The van der Waals surface area contributed by atoms with Gasteiger partial charge in [-0.3, -0.25) is 4.90 Å². The summed E-state index contributed by atoms with van der Waals surface area (Å²) in [6.45, 7) is 5.45. The van der Waals surface area contributed by atoms with Crippen LogP contribution in [0, 0.1) is 20.8 Å². The van der Waals surface area contributed by atoms with Crippen molar-refractivity contribution in [1.29, 1.82) is 0 Å². The van der Waals surface area contributed by atoms with E-state index in [0.29, 0.717) is 11.1 Å². The molecule has 0 bridgehead atoms. The van der Waals surface area contributed by atoms with Gasteiger partial charge in [0.05, 0.1) is 4.90 Å². The second kappa shape index (κ2) is 11.8. The van der Waals surface area contributed by atoms with Crippen LogP contribution in [0.3, 0.4) is 0 Å². The van der Waals surface area contributed by atoms with Gasteiger partial charge in [-0.05, 0) is 49.4 Å². The van der Waals surface area contributed by atoms with Crippen LogP contribution in [0.5, 0.6) is 0 Å². The number of nitrogens with zero attached hydrogens (tertiary/aromatic N) is 1. The van der Waals surface area contributed by atoms with Gasteiger partial charge in [-0.25, -0.2) is 22.7 Å². The fourth-order valence-corrected chi connectivity index (χ4v) is 6.54. The Morgan fingerprint density at radius 1 is 0.868 bits per heavy atom. The lowest BCUT2D eigenvalue weighted by Gasteiger charge is -2.22. The monoisotopic (exact) mass is 536 g/mol. The lowest BCUT2D eigenvalue weighted by molar-refractivity contribution is -0.149. The Kier molecular flexibility index (Phi) is 8.48. The van der Waals surface area contributed by atoms with Crippen LogP contribution in [0.1, 0.15) is 34.2 Å². The van der Waals surface area contributed by atoms with Crippen molar-refractivity contribution in [3.05, 3.63) is 101 Å². The van der Waals surface area contributed by atoms with Gasteiger partial charge in [-0.1, -0.05) is 78.4 Å². The molecule has 1 saturated heterocycles. The summed E-state index contributed by atoms with van der Waals surface area (Å²) in [5.41, 5.74) is 3.83. The van der Waals surface area contributed by atoms with Gasteiger partial charge in [0.25, 0.3) is 0 Å². The van der Waals surface area contributed by atoms with Gasteiger partial charge in [0.15, 0.2) is 0 Å². The fourth-order valence-electron chi connectivity index (χ4n) is 4.84. The first-order chi connectivity index (χ1) is 18.1. The average Bonchev–Trinajstić information content (AvgIpc) is 3.29. The van der Waals surface area contributed by atoms with Crippen LogP contribution in [0.2, 0.25) is 0 Å². The lowest BCUT2D eigenvalue weighted by atomic mass is 10.1. The number of ether oxygens (including phenoxy) is 2. The van der Waals surface area contributed by atoms with E-state index in [0.717, 1.165) is 16.7 Å². The molecular formula is C29H32N2O6S. The van der Waals surface area contributed by atoms with Gasteiger partial charge in [-0.15, -0.1) is 0 Å². The van der Waals surface area contributed by atoms with E-state index in [1.54, 1.807) is 13.8 Å². The molecule has 0 spiro atoms. The average molecular weight is 537 g/mol. The maximum Gasteiger partial charge on any atom is 0.410 e. The van der Waals surface area contributed by atoms with Crippen molar-refractivity contribution in [1.82, 2.24) is 9.62 Å². The van der Waals surface area contributed by atoms with E-state index in [2.05, 4.69) is 4.72 Å². The number of amides is 1. The number of carbonyl (C=O) groups is 2. The van der Waals surface area contributed by atoms with Crippen molar-refractivity contribution < 1.29 is 27.5 Å².